The smallest absolute Gasteiger partial charge is 0.0291 e. The molecule has 88 valence electrons. The van der Waals surface area contributed by atoms with Crippen LogP contribution >= 0.6 is 0 Å². The zero-order chi connectivity index (χ0) is 11.2. The first-order chi connectivity index (χ1) is 7.86. The summed E-state index contributed by atoms with van der Waals surface area (Å²) < 4.78 is 0. The Kier molecular flexibility index (Phi) is 4.41. The molecule has 0 bridgehead atoms. The van der Waals surface area contributed by atoms with Crippen molar-refractivity contribution >= 4 is 0 Å². The van der Waals surface area contributed by atoms with Gasteiger partial charge in [0.25, 0.3) is 0 Å². The minimum Gasteiger partial charge on any atom is -0.310 e. The van der Waals surface area contributed by atoms with Crippen LogP contribution in [0.4, 0.5) is 0 Å². The van der Waals surface area contributed by atoms with Crippen molar-refractivity contribution in [1.82, 2.24) is 5.32 Å². The molecule has 1 aromatic rings. The third kappa shape index (κ3) is 3.34. The van der Waals surface area contributed by atoms with Crippen LogP contribution in [0.25, 0.3) is 0 Å². The summed E-state index contributed by atoms with van der Waals surface area (Å²) in [4.78, 5) is 0. The normalized spacial score (nSPS) is 19.6. The average Bonchev–Trinajstić information content (AvgIpc) is 2.38. The maximum Gasteiger partial charge on any atom is 0.0291 e. The fourth-order valence-corrected chi connectivity index (χ4v) is 2.59. The molecule has 1 atom stereocenters. The molecule has 1 heteroatoms. The molecule has 0 saturated heterocycles. The lowest BCUT2D eigenvalue weighted by Gasteiger charge is -2.24. The first-order valence-corrected chi connectivity index (χ1v) is 6.64. The summed E-state index contributed by atoms with van der Waals surface area (Å²) >= 11 is 0. The highest BCUT2D eigenvalue weighted by Gasteiger charge is 2.14. The molecule has 0 aliphatic heterocycles. The highest BCUT2D eigenvalue weighted by atomic mass is 14.9. The molecule has 0 spiro atoms. The minimum atomic E-state index is 0.489. The van der Waals surface area contributed by atoms with E-state index in [0.29, 0.717) is 6.04 Å². The standard InChI is InChI=1S/C15H23N/c1-13(15-10-6-3-7-11-15)16-12-14-8-4-2-5-9-14/h3,6-7,10-11,13-14,16H,2,4-5,8-9,12H2,1H3/t13-/m1/s1. The van der Waals surface area contributed by atoms with Crippen LogP contribution in [0.3, 0.4) is 0 Å². The number of nitrogens with one attached hydrogen (secondary N) is 1. The molecule has 16 heavy (non-hydrogen) atoms. The van der Waals surface area contributed by atoms with Gasteiger partial charge in [-0.15, -0.1) is 0 Å². The molecular weight excluding hydrogens is 194 g/mol. The summed E-state index contributed by atoms with van der Waals surface area (Å²) in [5, 5.41) is 3.67. The average molecular weight is 217 g/mol. The molecule has 1 N–H and O–H groups in total. The van der Waals surface area contributed by atoms with E-state index >= 15 is 0 Å². The van der Waals surface area contributed by atoms with Crippen LogP contribution < -0.4 is 5.32 Å². The van der Waals surface area contributed by atoms with Crippen molar-refractivity contribution in [2.75, 3.05) is 6.54 Å². The van der Waals surface area contributed by atoms with Crippen molar-refractivity contribution in [1.29, 1.82) is 0 Å². The van der Waals surface area contributed by atoms with Gasteiger partial charge in [-0.05, 0) is 37.8 Å². The van der Waals surface area contributed by atoms with Gasteiger partial charge < -0.3 is 5.32 Å². The van der Waals surface area contributed by atoms with Gasteiger partial charge in [-0.25, -0.2) is 0 Å². The molecule has 1 aromatic carbocycles. The van der Waals surface area contributed by atoms with E-state index in [0.717, 1.165) is 5.92 Å². The molecule has 1 aliphatic rings. The first-order valence-electron chi connectivity index (χ1n) is 6.64. The SMILES string of the molecule is C[C@@H](NCC1CCCCC1)c1ccccc1. The summed E-state index contributed by atoms with van der Waals surface area (Å²) in [5.74, 6) is 0.917. The van der Waals surface area contributed by atoms with Crippen molar-refractivity contribution in [3.8, 4) is 0 Å². The number of rotatable bonds is 4. The Hall–Kier alpha value is -0.820. The van der Waals surface area contributed by atoms with Gasteiger partial charge in [0.15, 0.2) is 0 Å². The number of hydrogen-bond acceptors (Lipinski definition) is 1. The summed E-state index contributed by atoms with van der Waals surface area (Å²) in [7, 11) is 0. The van der Waals surface area contributed by atoms with Crippen molar-refractivity contribution in [2.45, 2.75) is 45.1 Å². The van der Waals surface area contributed by atoms with Crippen LogP contribution in [0.15, 0.2) is 30.3 Å². The highest BCUT2D eigenvalue weighted by molar-refractivity contribution is 5.17. The van der Waals surface area contributed by atoms with Crippen molar-refractivity contribution < 1.29 is 0 Å². The quantitative estimate of drug-likeness (QED) is 0.806. The van der Waals surface area contributed by atoms with E-state index in [4.69, 9.17) is 0 Å². The third-order valence-electron chi connectivity index (χ3n) is 3.74. The number of benzene rings is 1. The molecule has 0 unspecified atom stereocenters. The molecule has 0 amide bonds. The van der Waals surface area contributed by atoms with Crippen LogP contribution in [0.2, 0.25) is 0 Å². The van der Waals surface area contributed by atoms with E-state index in [-0.39, 0.29) is 0 Å². The van der Waals surface area contributed by atoms with Gasteiger partial charge in [0.2, 0.25) is 0 Å². The van der Waals surface area contributed by atoms with Crippen LogP contribution in [0, 0.1) is 5.92 Å². The van der Waals surface area contributed by atoms with E-state index in [1.807, 2.05) is 0 Å². The second kappa shape index (κ2) is 6.05. The minimum absolute atomic E-state index is 0.489. The molecule has 1 nitrogen and oxygen atoms in total. The highest BCUT2D eigenvalue weighted by Crippen LogP contribution is 2.23. The number of hydrogen-bond donors (Lipinski definition) is 1. The van der Waals surface area contributed by atoms with Crippen molar-refractivity contribution in [2.24, 2.45) is 5.92 Å². The fraction of sp³-hybridized carbons (Fsp3) is 0.600. The zero-order valence-corrected chi connectivity index (χ0v) is 10.3. The maximum atomic E-state index is 3.67. The predicted octanol–water partition coefficient (Wildman–Crippen LogP) is 3.92. The molecule has 2 rings (SSSR count). The van der Waals surface area contributed by atoms with Crippen LogP contribution in [-0.4, -0.2) is 6.54 Å². The maximum absolute atomic E-state index is 3.67. The van der Waals surface area contributed by atoms with Gasteiger partial charge in [0, 0.05) is 6.04 Å². The second-order valence-electron chi connectivity index (χ2n) is 5.04. The summed E-state index contributed by atoms with van der Waals surface area (Å²) in [6, 6.07) is 11.2. The monoisotopic (exact) mass is 217 g/mol. The Morgan fingerprint density at radius 2 is 1.81 bits per heavy atom. The first kappa shape index (κ1) is 11.7. The Balaban J connectivity index is 1.77. The molecule has 1 saturated carbocycles. The van der Waals surface area contributed by atoms with E-state index in [1.54, 1.807) is 0 Å². The Morgan fingerprint density at radius 3 is 2.50 bits per heavy atom. The molecule has 0 radical (unpaired) electrons. The Morgan fingerprint density at radius 1 is 1.12 bits per heavy atom. The van der Waals surface area contributed by atoms with Crippen molar-refractivity contribution in [3.63, 3.8) is 0 Å². The lowest BCUT2D eigenvalue weighted by molar-refractivity contribution is 0.331. The van der Waals surface area contributed by atoms with Gasteiger partial charge in [0.1, 0.15) is 0 Å². The Bertz CT molecular complexity index is 288. The van der Waals surface area contributed by atoms with E-state index < -0.39 is 0 Å². The predicted molar refractivity (Wildman–Crippen MR) is 69.4 cm³/mol. The van der Waals surface area contributed by atoms with Gasteiger partial charge in [-0.3, -0.25) is 0 Å². The lowest BCUT2D eigenvalue weighted by Crippen LogP contribution is -2.27. The van der Waals surface area contributed by atoms with Gasteiger partial charge in [0.05, 0.1) is 0 Å². The van der Waals surface area contributed by atoms with Gasteiger partial charge in [-0.2, -0.15) is 0 Å². The zero-order valence-electron chi connectivity index (χ0n) is 10.3. The summed E-state index contributed by atoms with van der Waals surface area (Å²) in [6.07, 6.45) is 7.17. The third-order valence-corrected chi connectivity index (χ3v) is 3.74. The van der Waals surface area contributed by atoms with Crippen molar-refractivity contribution in [3.05, 3.63) is 35.9 Å². The second-order valence-corrected chi connectivity index (χ2v) is 5.04. The van der Waals surface area contributed by atoms with E-state index in [1.165, 1.54) is 44.2 Å². The van der Waals surface area contributed by atoms with Crippen LogP contribution in [-0.2, 0) is 0 Å². The Labute approximate surface area is 99.3 Å². The molecular formula is C15H23N. The molecule has 0 heterocycles. The lowest BCUT2D eigenvalue weighted by atomic mass is 9.89. The van der Waals surface area contributed by atoms with Crippen LogP contribution in [0.5, 0.6) is 0 Å². The molecule has 0 aromatic heterocycles. The van der Waals surface area contributed by atoms with Gasteiger partial charge >= 0.3 is 0 Å². The van der Waals surface area contributed by atoms with E-state index in [2.05, 4.69) is 42.6 Å². The van der Waals surface area contributed by atoms with Crippen LogP contribution in [0.1, 0.15) is 50.6 Å². The topological polar surface area (TPSA) is 12.0 Å². The molecule has 1 fully saturated rings. The largest absolute Gasteiger partial charge is 0.310 e. The van der Waals surface area contributed by atoms with E-state index in [9.17, 15) is 0 Å². The van der Waals surface area contributed by atoms with Gasteiger partial charge in [-0.1, -0.05) is 49.6 Å². The summed E-state index contributed by atoms with van der Waals surface area (Å²) in [6.45, 7) is 3.45. The fourth-order valence-electron chi connectivity index (χ4n) is 2.59. The summed E-state index contributed by atoms with van der Waals surface area (Å²) in [5.41, 5.74) is 1.40. The molecule has 1 aliphatic carbocycles.